The Morgan fingerprint density at radius 2 is 2.23 bits per heavy atom. The first-order chi connectivity index (χ1) is 5.97. The average molecular weight is 188 g/mol. The summed E-state index contributed by atoms with van der Waals surface area (Å²) in [6.07, 6.45) is 0.190. The van der Waals surface area contributed by atoms with Gasteiger partial charge in [0.25, 0.3) is 0 Å². The van der Waals surface area contributed by atoms with Gasteiger partial charge in [0, 0.05) is 12.6 Å². The fourth-order valence-corrected chi connectivity index (χ4v) is 1.37. The highest BCUT2D eigenvalue weighted by atomic mass is 16.6. The van der Waals surface area contributed by atoms with Crippen LogP contribution >= 0.6 is 0 Å². The molecular weight excluding hydrogens is 168 g/mol. The van der Waals surface area contributed by atoms with Gasteiger partial charge in [-0.2, -0.15) is 0 Å². The van der Waals surface area contributed by atoms with Gasteiger partial charge in [0.1, 0.15) is 0 Å². The van der Waals surface area contributed by atoms with Crippen LogP contribution in [0.1, 0.15) is 27.2 Å². The number of ether oxygens (including phenoxy) is 1. The maximum absolute atomic E-state index is 9.48. The quantitative estimate of drug-likeness (QED) is 0.547. The lowest BCUT2D eigenvalue weighted by molar-refractivity contribution is -0.184. The van der Waals surface area contributed by atoms with Crippen molar-refractivity contribution in [1.82, 2.24) is 10.6 Å². The number of hydrogen-bond acceptors (Lipinski definition) is 4. The Balaban J connectivity index is 2.20. The molecule has 0 amide bonds. The lowest BCUT2D eigenvalue weighted by atomic mass is 10.2. The van der Waals surface area contributed by atoms with Gasteiger partial charge in [-0.15, -0.1) is 0 Å². The Kier molecular flexibility index (Phi) is 3.67. The Morgan fingerprint density at radius 1 is 1.54 bits per heavy atom. The molecule has 4 heteroatoms. The highest BCUT2D eigenvalue weighted by molar-refractivity contribution is 4.77. The zero-order chi connectivity index (χ0) is 9.90. The summed E-state index contributed by atoms with van der Waals surface area (Å²) in [6.45, 7) is 7.69. The zero-order valence-corrected chi connectivity index (χ0v) is 8.63. The minimum Gasteiger partial charge on any atom is -0.356 e. The van der Waals surface area contributed by atoms with Crippen molar-refractivity contribution in [3.05, 3.63) is 0 Å². The van der Waals surface area contributed by atoms with E-state index in [9.17, 15) is 5.11 Å². The third-order valence-electron chi connectivity index (χ3n) is 1.90. The molecule has 0 aromatic carbocycles. The first-order valence-electron chi connectivity index (χ1n) is 4.80. The molecule has 1 heterocycles. The van der Waals surface area contributed by atoms with E-state index >= 15 is 0 Å². The molecule has 3 N–H and O–H groups in total. The van der Waals surface area contributed by atoms with E-state index < -0.39 is 6.41 Å². The number of rotatable bonds is 3. The summed E-state index contributed by atoms with van der Waals surface area (Å²) in [5.41, 5.74) is -0.307. The van der Waals surface area contributed by atoms with E-state index in [1.54, 1.807) is 0 Å². The van der Waals surface area contributed by atoms with Gasteiger partial charge in [0.15, 0.2) is 0 Å². The molecule has 1 aliphatic rings. The molecule has 0 saturated carbocycles. The van der Waals surface area contributed by atoms with Crippen molar-refractivity contribution >= 4 is 0 Å². The summed E-state index contributed by atoms with van der Waals surface area (Å²) in [7, 11) is 0. The minimum absolute atomic E-state index is 0.307. The standard InChI is InChI=1S/C9H20N2O2/c1-9(2,3)13-8(12)11-7-4-5-10-6-7/h7-8,10-12H,4-6H2,1-3H3/t7-,8?/m1/s1. The number of aliphatic hydroxyl groups is 1. The highest BCUT2D eigenvalue weighted by Gasteiger charge is 2.21. The SMILES string of the molecule is CC(C)(C)OC(O)N[C@@H]1CCNC1. The summed E-state index contributed by atoms with van der Waals surface area (Å²) >= 11 is 0. The molecule has 1 fully saturated rings. The molecule has 1 aliphatic heterocycles. The Hall–Kier alpha value is -0.160. The third-order valence-corrected chi connectivity index (χ3v) is 1.90. The lowest BCUT2D eigenvalue weighted by Crippen LogP contribution is -2.44. The molecule has 13 heavy (non-hydrogen) atoms. The molecular formula is C9H20N2O2. The van der Waals surface area contributed by atoms with Crippen molar-refractivity contribution in [3.8, 4) is 0 Å². The maximum Gasteiger partial charge on any atom is 0.214 e. The summed E-state index contributed by atoms with van der Waals surface area (Å²) < 4.78 is 5.32. The van der Waals surface area contributed by atoms with Gasteiger partial charge in [-0.1, -0.05) is 0 Å². The zero-order valence-electron chi connectivity index (χ0n) is 8.63. The van der Waals surface area contributed by atoms with Crippen molar-refractivity contribution in [2.75, 3.05) is 13.1 Å². The second kappa shape index (κ2) is 4.37. The monoisotopic (exact) mass is 188 g/mol. The molecule has 0 spiro atoms. The predicted molar refractivity (Wildman–Crippen MR) is 51.3 cm³/mol. The molecule has 0 aliphatic carbocycles. The van der Waals surface area contributed by atoms with Crippen LogP contribution < -0.4 is 10.6 Å². The summed E-state index contributed by atoms with van der Waals surface area (Å²) in [5, 5.41) is 15.7. The molecule has 1 unspecified atom stereocenters. The van der Waals surface area contributed by atoms with Crippen LogP contribution in [-0.4, -0.2) is 36.3 Å². The largest absolute Gasteiger partial charge is 0.356 e. The molecule has 4 nitrogen and oxygen atoms in total. The molecule has 0 radical (unpaired) electrons. The van der Waals surface area contributed by atoms with Gasteiger partial charge < -0.3 is 15.2 Å². The number of hydrogen-bond donors (Lipinski definition) is 3. The molecule has 0 aromatic heterocycles. The van der Waals surface area contributed by atoms with Crippen molar-refractivity contribution in [3.63, 3.8) is 0 Å². The Morgan fingerprint density at radius 3 is 2.69 bits per heavy atom. The van der Waals surface area contributed by atoms with Gasteiger partial charge in [-0.3, -0.25) is 5.32 Å². The Bertz CT molecular complexity index is 150. The van der Waals surface area contributed by atoms with E-state index in [0.717, 1.165) is 19.5 Å². The van der Waals surface area contributed by atoms with Crippen LogP contribution in [0.25, 0.3) is 0 Å². The average Bonchev–Trinajstić information content (AvgIpc) is 2.34. The minimum atomic E-state index is -0.857. The molecule has 0 bridgehead atoms. The predicted octanol–water partition coefficient (Wildman–Crippen LogP) is 0.0289. The molecule has 1 rings (SSSR count). The first kappa shape index (κ1) is 10.9. The van der Waals surface area contributed by atoms with Gasteiger partial charge in [0.05, 0.1) is 5.60 Å². The van der Waals surface area contributed by atoms with Crippen LogP contribution in [0, 0.1) is 0 Å². The molecule has 2 atom stereocenters. The second-order valence-electron chi connectivity index (χ2n) is 4.44. The summed E-state index contributed by atoms with van der Waals surface area (Å²) in [6, 6.07) is 0.331. The van der Waals surface area contributed by atoms with Crippen LogP contribution in [0.15, 0.2) is 0 Å². The van der Waals surface area contributed by atoms with E-state index in [2.05, 4.69) is 10.6 Å². The number of aliphatic hydroxyl groups excluding tert-OH is 1. The molecule has 1 saturated heterocycles. The highest BCUT2D eigenvalue weighted by Crippen LogP contribution is 2.09. The maximum atomic E-state index is 9.48. The Labute approximate surface area is 79.7 Å². The molecule has 0 aromatic rings. The fraction of sp³-hybridized carbons (Fsp3) is 1.00. The first-order valence-corrected chi connectivity index (χ1v) is 4.80. The van der Waals surface area contributed by atoms with E-state index in [-0.39, 0.29) is 5.60 Å². The van der Waals surface area contributed by atoms with E-state index in [4.69, 9.17) is 4.74 Å². The van der Waals surface area contributed by atoms with Gasteiger partial charge >= 0.3 is 0 Å². The van der Waals surface area contributed by atoms with E-state index in [1.807, 2.05) is 20.8 Å². The topological polar surface area (TPSA) is 53.5 Å². The normalized spacial score (nSPS) is 26.3. The number of nitrogens with one attached hydrogen (secondary N) is 2. The van der Waals surface area contributed by atoms with E-state index in [0.29, 0.717) is 6.04 Å². The van der Waals surface area contributed by atoms with Crippen molar-refractivity contribution in [2.45, 2.75) is 45.2 Å². The van der Waals surface area contributed by atoms with Crippen molar-refractivity contribution in [1.29, 1.82) is 0 Å². The van der Waals surface area contributed by atoms with Crippen LogP contribution in [-0.2, 0) is 4.74 Å². The van der Waals surface area contributed by atoms with Gasteiger partial charge in [-0.25, -0.2) is 0 Å². The fourth-order valence-electron chi connectivity index (χ4n) is 1.37. The smallest absolute Gasteiger partial charge is 0.214 e. The van der Waals surface area contributed by atoms with Crippen molar-refractivity contribution < 1.29 is 9.84 Å². The molecule has 78 valence electrons. The van der Waals surface area contributed by atoms with Crippen LogP contribution in [0.5, 0.6) is 0 Å². The van der Waals surface area contributed by atoms with E-state index in [1.165, 1.54) is 0 Å². The third kappa shape index (κ3) is 4.57. The van der Waals surface area contributed by atoms with Crippen LogP contribution in [0.3, 0.4) is 0 Å². The van der Waals surface area contributed by atoms with Gasteiger partial charge in [0.2, 0.25) is 6.41 Å². The van der Waals surface area contributed by atoms with Crippen LogP contribution in [0.4, 0.5) is 0 Å². The summed E-state index contributed by atoms with van der Waals surface area (Å²) in [4.78, 5) is 0. The lowest BCUT2D eigenvalue weighted by Gasteiger charge is -2.26. The van der Waals surface area contributed by atoms with Crippen molar-refractivity contribution in [2.24, 2.45) is 0 Å². The summed E-state index contributed by atoms with van der Waals surface area (Å²) in [5.74, 6) is 0. The van der Waals surface area contributed by atoms with Crippen LogP contribution in [0.2, 0.25) is 0 Å². The van der Waals surface area contributed by atoms with Gasteiger partial charge in [-0.05, 0) is 33.7 Å². The second-order valence-corrected chi connectivity index (χ2v) is 4.44.